The Bertz CT molecular complexity index is 876. The molecule has 7 N–H and O–H groups in total. The van der Waals surface area contributed by atoms with Crippen LogP contribution < -0.4 is 17.2 Å². The highest BCUT2D eigenvalue weighted by Crippen LogP contribution is 2.74. The van der Waals surface area contributed by atoms with Crippen LogP contribution in [0, 0.1) is 38.9 Å². The quantitative estimate of drug-likeness (QED) is 0.276. The number of allylic oxidation sites excluding steroid dienone is 1. The van der Waals surface area contributed by atoms with Gasteiger partial charge in [-0.2, -0.15) is 0 Å². The zero-order valence-electron chi connectivity index (χ0n) is 26.4. The van der Waals surface area contributed by atoms with Gasteiger partial charge >= 0.3 is 5.97 Å². The number of rotatable bonds is 4. The molecule has 38 heavy (non-hydrogen) atoms. The van der Waals surface area contributed by atoms with E-state index < -0.39 is 11.0 Å². The van der Waals surface area contributed by atoms with Crippen LogP contribution in [-0.4, -0.2) is 43.9 Å². The molecule has 0 amide bonds. The molecule has 0 saturated heterocycles. The number of hydrogen-bond donors (Lipinski definition) is 4. The number of aliphatic hydroxyl groups is 1. The lowest BCUT2D eigenvalue weighted by Gasteiger charge is -2.71. The second-order valence-corrected chi connectivity index (χ2v) is 14.1. The van der Waals surface area contributed by atoms with Gasteiger partial charge in [-0.05, 0) is 125 Å². The molecule has 0 aromatic carbocycles. The summed E-state index contributed by atoms with van der Waals surface area (Å²) in [5.41, 5.74) is 17.3. The van der Waals surface area contributed by atoms with Crippen LogP contribution in [0.2, 0.25) is 0 Å². The van der Waals surface area contributed by atoms with Gasteiger partial charge in [-0.1, -0.05) is 47.1 Å². The van der Waals surface area contributed by atoms with E-state index in [4.69, 9.17) is 10.5 Å². The molecule has 0 aromatic heterocycles. The number of hydrogen-bond acceptors (Lipinski definition) is 6. The molecule has 7 unspecified atom stereocenters. The monoisotopic (exact) mass is 535 g/mol. The average Bonchev–Trinajstić information content (AvgIpc) is 2.88. The van der Waals surface area contributed by atoms with E-state index >= 15 is 0 Å². The Hall–Kier alpha value is -0.950. The minimum absolute atomic E-state index is 0.0111. The number of carbonyl (C=O) groups excluding carboxylic acids is 1. The second-order valence-electron chi connectivity index (χ2n) is 14.1. The number of aliphatic hydroxyl groups excluding tert-OH is 1. The van der Waals surface area contributed by atoms with Crippen LogP contribution >= 0.6 is 0 Å². The van der Waals surface area contributed by atoms with Crippen LogP contribution in [0.4, 0.5) is 0 Å². The molecule has 4 aliphatic carbocycles. The molecular formula is C32H61N3O3. The predicted octanol–water partition coefficient (Wildman–Crippen LogP) is 5.55. The van der Waals surface area contributed by atoms with Crippen molar-refractivity contribution in [3.63, 3.8) is 0 Å². The molecule has 4 rings (SSSR count). The summed E-state index contributed by atoms with van der Waals surface area (Å²) in [6.45, 7) is 16.3. The molecule has 9 atom stereocenters. The standard InChI is InChI=1S/C30H51NO3.2CH5N/c1-9-13-27(5)21(20(2)32)12-14-28(6)22(27)10-11-23-29(28,7)18-17-26(4)16-15-25(3,24(33)34-8)19-30(23,26)31;2*1-2/h11,20-22,32H,9-10,12-19,31H2,1-8H3;2*2H2,1H3/t20?,21?,22?,25-,26?,27?,28?,29+,30?;;/m0../s1. The smallest absolute Gasteiger partial charge is 0.311 e. The van der Waals surface area contributed by atoms with Crippen LogP contribution in [0.5, 0.6) is 0 Å². The van der Waals surface area contributed by atoms with Gasteiger partial charge in [-0.3, -0.25) is 4.79 Å². The summed E-state index contributed by atoms with van der Waals surface area (Å²) < 4.78 is 5.27. The average molecular weight is 536 g/mol. The van der Waals surface area contributed by atoms with Gasteiger partial charge in [0.25, 0.3) is 0 Å². The predicted molar refractivity (Wildman–Crippen MR) is 158 cm³/mol. The number of methoxy groups -OCH3 is 1. The summed E-state index contributed by atoms with van der Waals surface area (Å²) in [6.07, 6.45) is 12.6. The summed E-state index contributed by atoms with van der Waals surface area (Å²) in [5, 5.41) is 10.8. The maximum Gasteiger partial charge on any atom is 0.311 e. The van der Waals surface area contributed by atoms with Crippen LogP contribution in [0.1, 0.15) is 113 Å². The minimum atomic E-state index is -0.527. The molecule has 0 aromatic rings. The van der Waals surface area contributed by atoms with E-state index in [1.54, 1.807) is 0 Å². The molecule has 3 saturated carbocycles. The van der Waals surface area contributed by atoms with Crippen molar-refractivity contribution in [3.8, 4) is 0 Å². The summed E-state index contributed by atoms with van der Waals surface area (Å²) in [7, 11) is 4.51. The van der Waals surface area contributed by atoms with E-state index in [2.05, 4.69) is 59.1 Å². The van der Waals surface area contributed by atoms with Gasteiger partial charge in [0.2, 0.25) is 0 Å². The first-order valence-electron chi connectivity index (χ1n) is 15.1. The van der Waals surface area contributed by atoms with Crippen molar-refractivity contribution in [2.24, 2.45) is 56.1 Å². The third kappa shape index (κ3) is 4.59. The number of fused-ring (bicyclic) bond motifs is 5. The van der Waals surface area contributed by atoms with Crippen molar-refractivity contribution in [3.05, 3.63) is 11.6 Å². The zero-order chi connectivity index (χ0) is 29.4. The van der Waals surface area contributed by atoms with Crippen molar-refractivity contribution in [1.82, 2.24) is 0 Å². The molecule has 4 aliphatic rings. The van der Waals surface area contributed by atoms with Crippen molar-refractivity contribution in [2.75, 3.05) is 21.2 Å². The van der Waals surface area contributed by atoms with Crippen LogP contribution in [0.25, 0.3) is 0 Å². The maximum absolute atomic E-state index is 12.9. The van der Waals surface area contributed by atoms with Crippen molar-refractivity contribution in [1.29, 1.82) is 0 Å². The Morgan fingerprint density at radius 3 is 2.16 bits per heavy atom. The number of ether oxygens (including phenoxy) is 1. The first kappa shape index (κ1) is 33.3. The summed E-state index contributed by atoms with van der Waals surface area (Å²) in [4.78, 5) is 12.9. The first-order valence-corrected chi connectivity index (χ1v) is 15.1. The normalized spacial score (nSPS) is 46.3. The van der Waals surface area contributed by atoms with Gasteiger partial charge in [-0.15, -0.1) is 0 Å². The van der Waals surface area contributed by atoms with E-state index in [1.165, 1.54) is 26.8 Å². The number of esters is 1. The molecule has 222 valence electrons. The molecule has 0 radical (unpaired) electrons. The molecule has 6 nitrogen and oxygen atoms in total. The van der Waals surface area contributed by atoms with Crippen LogP contribution in [0.3, 0.4) is 0 Å². The molecule has 0 aliphatic heterocycles. The van der Waals surface area contributed by atoms with Gasteiger partial charge in [0, 0.05) is 5.54 Å². The Morgan fingerprint density at radius 1 is 1.05 bits per heavy atom. The molecule has 0 spiro atoms. The van der Waals surface area contributed by atoms with E-state index in [1.807, 2.05) is 6.92 Å². The minimum Gasteiger partial charge on any atom is -0.469 e. The fourth-order valence-electron chi connectivity index (χ4n) is 10.1. The van der Waals surface area contributed by atoms with E-state index in [-0.39, 0.29) is 33.7 Å². The fourth-order valence-corrected chi connectivity index (χ4v) is 10.1. The largest absolute Gasteiger partial charge is 0.469 e. The Labute approximate surface area is 233 Å². The van der Waals surface area contributed by atoms with Gasteiger partial charge in [-0.25, -0.2) is 0 Å². The topological polar surface area (TPSA) is 125 Å². The molecule has 6 heteroatoms. The lowest BCUT2D eigenvalue weighted by atomic mass is 9.34. The van der Waals surface area contributed by atoms with Crippen LogP contribution in [-0.2, 0) is 9.53 Å². The lowest BCUT2D eigenvalue weighted by Crippen LogP contribution is -2.70. The highest BCUT2D eigenvalue weighted by molar-refractivity contribution is 5.77. The lowest BCUT2D eigenvalue weighted by molar-refractivity contribution is -0.173. The second kappa shape index (κ2) is 11.5. The van der Waals surface area contributed by atoms with E-state index in [0.717, 1.165) is 57.8 Å². The highest BCUT2D eigenvalue weighted by atomic mass is 16.5. The Kier molecular flexibility index (Phi) is 10.1. The zero-order valence-corrected chi connectivity index (χ0v) is 26.4. The van der Waals surface area contributed by atoms with Gasteiger partial charge in [0.05, 0.1) is 18.6 Å². The van der Waals surface area contributed by atoms with Gasteiger partial charge < -0.3 is 27.0 Å². The fraction of sp³-hybridized carbons (Fsp3) is 0.906. The Morgan fingerprint density at radius 2 is 1.63 bits per heavy atom. The SMILES string of the molecule is CCCC1(C)C(C(C)O)CCC2(C)C1CC=C1C3(N)C[C@@](C)(C(=O)OC)CCC3(C)CC[C@]12C.CN.CN. The number of carbonyl (C=O) groups is 1. The number of nitrogens with two attached hydrogens (primary N) is 3. The summed E-state index contributed by atoms with van der Waals surface area (Å²) in [5.74, 6) is 0.771. The molecule has 0 bridgehead atoms. The van der Waals surface area contributed by atoms with Crippen LogP contribution in [0.15, 0.2) is 11.6 Å². The van der Waals surface area contributed by atoms with E-state index in [9.17, 15) is 9.90 Å². The third-order valence-electron chi connectivity index (χ3n) is 12.5. The first-order chi connectivity index (χ1) is 17.7. The van der Waals surface area contributed by atoms with Crippen molar-refractivity contribution < 1.29 is 14.6 Å². The molecule has 3 fully saturated rings. The Balaban J connectivity index is 0.00000121. The van der Waals surface area contributed by atoms with Gasteiger partial charge in [0.15, 0.2) is 0 Å². The highest BCUT2D eigenvalue weighted by Gasteiger charge is 2.69. The molecule has 0 heterocycles. The van der Waals surface area contributed by atoms with Crippen molar-refractivity contribution >= 4 is 5.97 Å². The van der Waals surface area contributed by atoms with E-state index in [0.29, 0.717) is 18.3 Å². The maximum atomic E-state index is 12.9. The summed E-state index contributed by atoms with van der Waals surface area (Å²) >= 11 is 0. The third-order valence-corrected chi connectivity index (χ3v) is 12.5. The summed E-state index contributed by atoms with van der Waals surface area (Å²) in [6, 6.07) is 0. The van der Waals surface area contributed by atoms with Gasteiger partial charge in [0.1, 0.15) is 0 Å². The van der Waals surface area contributed by atoms with Crippen molar-refractivity contribution in [2.45, 2.75) is 124 Å². The molecular weight excluding hydrogens is 474 g/mol.